The fourth-order valence-corrected chi connectivity index (χ4v) is 2.16. The molecular formula is C14H23N5O2. The Morgan fingerprint density at radius 1 is 1.38 bits per heavy atom. The molecule has 7 nitrogen and oxygen atoms in total. The summed E-state index contributed by atoms with van der Waals surface area (Å²) in [6.07, 6.45) is 4.02. The van der Waals surface area contributed by atoms with Crippen molar-refractivity contribution in [1.82, 2.24) is 20.2 Å². The molecule has 2 heterocycles. The van der Waals surface area contributed by atoms with Crippen molar-refractivity contribution in [3.63, 3.8) is 0 Å². The van der Waals surface area contributed by atoms with Gasteiger partial charge < -0.3 is 15.4 Å². The molecule has 0 atom stereocenters. The Morgan fingerprint density at radius 2 is 2.19 bits per heavy atom. The van der Waals surface area contributed by atoms with E-state index in [2.05, 4.69) is 25.5 Å². The number of ether oxygens (including phenoxy) is 1. The number of hydrogen-bond donors (Lipinski definition) is 2. The maximum Gasteiger partial charge on any atom is 0.271 e. The van der Waals surface area contributed by atoms with Crippen molar-refractivity contribution in [2.75, 3.05) is 51.3 Å². The SMILES string of the molecule is CCNc1cncc(C(=O)NCCCN2CCOCC2)n1. The van der Waals surface area contributed by atoms with Crippen LogP contribution in [0.25, 0.3) is 0 Å². The molecule has 116 valence electrons. The topological polar surface area (TPSA) is 79.4 Å². The summed E-state index contributed by atoms with van der Waals surface area (Å²) in [5, 5.41) is 5.92. The maximum atomic E-state index is 12.0. The zero-order valence-corrected chi connectivity index (χ0v) is 12.5. The highest BCUT2D eigenvalue weighted by Gasteiger charge is 2.11. The molecule has 1 aromatic heterocycles. The molecule has 1 fully saturated rings. The highest BCUT2D eigenvalue weighted by atomic mass is 16.5. The number of morpholine rings is 1. The second kappa shape index (κ2) is 8.53. The number of hydrogen-bond acceptors (Lipinski definition) is 6. The van der Waals surface area contributed by atoms with E-state index >= 15 is 0 Å². The summed E-state index contributed by atoms with van der Waals surface area (Å²) in [4.78, 5) is 22.6. The number of carbonyl (C=O) groups is 1. The third kappa shape index (κ3) is 5.28. The van der Waals surface area contributed by atoms with Crippen LogP contribution in [-0.2, 0) is 4.74 Å². The molecule has 0 radical (unpaired) electrons. The largest absolute Gasteiger partial charge is 0.379 e. The molecule has 7 heteroatoms. The van der Waals surface area contributed by atoms with E-state index in [1.165, 1.54) is 6.20 Å². The predicted octanol–water partition coefficient (Wildman–Crippen LogP) is 0.361. The quantitative estimate of drug-likeness (QED) is 0.707. The molecule has 0 unspecified atom stereocenters. The van der Waals surface area contributed by atoms with E-state index in [4.69, 9.17) is 4.74 Å². The van der Waals surface area contributed by atoms with Gasteiger partial charge in [0.1, 0.15) is 11.5 Å². The minimum atomic E-state index is -0.177. The van der Waals surface area contributed by atoms with Gasteiger partial charge in [-0.05, 0) is 19.9 Å². The Labute approximate surface area is 125 Å². The number of rotatable bonds is 7. The first-order valence-electron chi connectivity index (χ1n) is 7.44. The molecule has 0 aromatic carbocycles. The molecule has 0 aliphatic carbocycles. The fourth-order valence-electron chi connectivity index (χ4n) is 2.16. The van der Waals surface area contributed by atoms with Gasteiger partial charge in [-0.2, -0.15) is 0 Å². The van der Waals surface area contributed by atoms with E-state index in [9.17, 15) is 4.79 Å². The molecule has 1 aliphatic rings. The Balaban J connectivity index is 1.70. The summed E-state index contributed by atoms with van der Waals surface area (Å²) in [7, 11) is 0. The van der Waals surface area contributed by atoms with Crippen LogP contribution in [0.4, 0.5) is 5.82 Å². The van der Waals surface area contributed by atoms with E-state index in [-0.39, 0.29) is 5.91 Å². The number of nitrogens with one attached hydrogen (secondary N) is 2. The van der Waals surface area contributed by atoms with Gasteiger partial charge in [0.05, 0.1) is 25.6 Å². The monoisotopic (exact) mass is 293 g/mol. The molecule has 1 aromatic rings. The van der Waals surface area contributed by atoms with Crippen LogP contribution in [0.2, 0.25) is 0 Å². The zero-order chi connectivity index (χ0) is 14.9. The summed E-state index contributed by atoms with van der Waals surface area (Å²) in [6, 6.07) is 0. The average Bonchev–Trinajstić information content (AvgIpc) is 2.53. The van der Waals surface area contributed by atoms with E-state index in [1.54, 1.807) is 6.20 Å². The van der Waals surface area contributed by atoms with Crippen molar-refractivity contribution < 1.29 is 9.53 Å². The van der Waals surface area contributed by atoms with Crippen molar-refractivity contribution in [2.24, 2.45) is 0 Å². The van der Waals surface area contributed by atoms with Gasteiger partial charge in [-0.25, -0.2) is 4.98 Å². The van der Waals surface area contributed by atoms with Crippen molar-refractivity contribution in [1.29, 1.82) is 0 Å². The summed E-state index contributed by atoms with van der Waals surface area (Å²) < 4.78 is 5.30. The van der Waals surface area contributed by atoms with Crippen molar-refractivity contribution in [3.8, 4) is 0 Å². The minimum Gasteiger partial charge on any atom is -0.379 e. The predicted molar refractivity (Wildman–Crippen MR) is 80.4 cm³/mol. The van der Waals surface area contributed by atoms with Crippen LogP contribution in [-0.4, -0.2) is 66.7 Å². The number of anilines is 1. The van der Waals surface area contributed by atoms with E-state index in [1.807, 2.05) is 6.92 Å². The van der Waals surface area contributed by atoms with E-state index < -0.39 is 0 Å². The van der Waals surface area contributed by atoms with Gasteiger partial charge >= 0.3 is 0 Å². The number of nitrogens with zero attached hydrogens (tertiary/aromatic N) is 3. The lowest BCUT2D eigenvalue weighted by atomic mass is 10.3. The van der Waals surface area contributed by atoms with Gasteiger partial charge in [-0.15, -0.1) is 0 Å². The second-order valence-electron chi connectivity index (χ2n) is 4.88. The normalized spacial score (nSPS) is 15.7. The minimum absolute atomic E-state index is 0.177. The highest BCUT2D eigenvalue weighted by Crippen LogP contribution is 2.02. The fraction of sp³-hybridized carbons (Fsp3) is 0.643. The van der Waals surface area contributed by atoms with Crippen molar-refractivity contribution in [2.45, 2.75) is 13.3 Å². The van der Waals surface area contributed by atoms with Gasteiger partial charge in [0, 0.05) is 26.2 Å². The van der Waals surface area contributed by atoms with Crippen LogP contribution in [0.1, 0.15) is 23.8 Å². The second-order valence-corrected chi connectivity index (χ2v) is 4.88. The Hall–Kier alpha value is -1.73. The maximum absolute atomic E-state index is 12.0. The summed E-state index contributed by atoms with van der Waals surface area (Å²) >= 11 is 0. The van der Waals surface area contributed by atoms with Gasteiger partial charge in [0.2, 0.25) is 0 Å². The summed E-state index contributed by atoms with van der Waals surface area (Å²) in [5.41, 5.74) is 0.347. The Morgan fingerprint density at radius 3 is 2.95 bits per heavy atom. The van der Waals surface area contributed by atoms with Crippen LogP contribution < -0.4 is 10.6 Å². The Bertz CT molecular complexity index is 449. The lowest BCUT2D eigenvalue weighted by Crippen LogP contribution is -2.38. The van der Waals surface area contributed by atoms with Crippen LogP contribution >= 0.6 is 0 Å². The third-order valence-electron chi connectivity index (χ3n) is 3.27. The number of amides is 1. The molecule has 2 N–H and O–H groups in total. The molecule has 1 aliphatic heterocycles. The standard InChI is InChI=1S/C14H23N5O2/c1-2-16-13-11-15-10-12(18-13)14(20)17-4-3-5-19-6-8-21-9-7-19/h10-11H,2-9H2,1H3,(H,16,18)(H,17,20). The first-order chi connectivity index (χ1) is 10.3. The van der Waals surface area contributed by atoms with Crippen LogP contribution in [0.5, 0.6) is 0 Å². The van der Waals surface area contributed by atoms with Gasteiger partial charge in [0.15, 0.2) is 0 Å². The van der Waals surface area contributed by atoms with E-state index in [0.717, 1.165) is 45.8 Å². The smallest absolute Gasteiger partial charge is 0.271 e. The molecular weight excluding hydrogens is 270 g/mol. The highest BCUT2D eigenvalue weighted by molar-refractivity contribution is 5.92. The molecule has 2 rings (SSSR count). The summed E-state index contributed by atoms with van der Waals surface area (Å²) in [6.45, 7) is 7.90. The number of carbonyl (C=O) groups excluding carboxylic acids is 1. The van der Waals surface area contributed by atoms with Crippen molar-refractivity contribution in [3.05, 3.63) is 18.1 Å². The van der Waals surface area contributed by atoms with Crippen LogP contribution in [0, 0.1) is 0 Å². The summed E-state index contributed by atoms with van der Waals surface area (Å²) in [5.74, 6) is 0.447. The van der Waals surface area contributed by atoms with Crippen molar-refractivity contribution >= 4 is 11.7 Å². The third-order valence-corrected chi connectivity index (χ3v) is 3.27. The molecule has 1 saturated heterocycles. The first-order valence-corrected chi connectivity index (χ1v) is 7.44. The van der Waals surface area contributed by atoms with Gasteiger partial charge in [-0.1, -0.05) is 0 Å². The number of aromatic nitrogens is 2. The first kappa shape index (κ1) is 15.7. The lowest BCUT2D eigenvalue weighted by molar-refractivity contribution is 0.0374. The molecule has 21 heavy (non-hydrogen) atoms. The van der Waals surface area contributed by atoms with Crippen LogP contribution in [0.15, 0.2) is 12.4 Å². The van der Waals surface area contributed by atoms with Gasteiger partial charge in [-0.3, -0.25) is 14.7 Å². The average molecular weight is 293 g/mol. The van der Waals surface area contributed by atoms with E-state index in [0.29, 0.717) is 18.1 Å². The molecule has 1 amide bonds. The molecule has 0 bridgehead atoms. The molecule has 0 spiro atoms. The Kier molecular flexibility index (Phi) is 6.36. The molecule has 0 saturated carbocycles. The van der Waals surface area contributed by atoms with Gasteiger partial charge in [0.25, 0.3) is 5.91 Å². The van der Waals surface area contributed by atoms with Crippen LogP contribution in [0.3, 0.4) is 0 Å². The lowest BCUT2D eigenvalue weighted by Gasteiger charge is -2.26. The zero-order valence-electron chi connectivity index (χ0n) is 12.5.